The Kier molecular flexibility index (Phi) is 5.99. The second kappa shape index (κ2) is 7.84. The summed E-state index contributed by atoms with van der Waals surface area (Å²) in [5.41, 5.74) is 2.67. The number of carbonyl (C=O) groups excluding carboxylic acids is 1. The summed E-state index contributed by atoms with van der Waals surface area (Å²) < 4.78 is 44.6. The van der Waals surface area contributed by atoms with Gasteiger partial charge in [-0.2, -0.15) is 4.31 Å². The number of sulfonamides is 1. The molecule has 0 saturated carbocycles. The van der Waals surface area contributed by atoms with Gasteiger partial charge in [-0.3, -0.25) is 4.79 Å². The number of ether oxygens (including phenoxy) is 1. The summed E-state index contributed by atoms with van der Waals surface area (Å²) in [6.45, 7) is 3.44. The predicted molar refractivity (Wildman–Crippen MR) is 97.3 cm³/mol. The summed E-state index contributed by atoms with van der Waals surface area (Å²) in [6.07, 6.45) is 0. The van der Waals surface area contributed by atoms with Gasteiger partial charge in [0.15, 0.2) is 0 Å². The molecule has 26 heavy (non-hydrogen) atoms. The van der Waals surface area contributed by atoms with Crippen LogP contribution in [0, 0.1) is 19.7 Å². The highest BCUT2D eigenvalue weighted by molar-refractivity contribution is 7.89. The normalized spacial score (nSPS) is 11.5. The van der Waals surface area contributed by atoms with Crippen LogP contribution in [0.5, 0.6) is 5.75 Å². The zero-order chi connectivity index (χ0) is 19.5. The van der Waals surface area contributed by atoms with Crippen molar-refractivity contribution in [3.63, 3.8) is 0 Å². The molecule has 0 aliphatic rings. The SMILES string of the molecule is COc1ccc(F)cc1S(=O)(=O)N(C)CC(=O)Nc1ccc(C)c(C)c1. The average molecular weight is 380 g/mol. The highest BCUT2D eigenvalue weighted by Crippen LogP contribution is 2.26. The van der Waals surface area contributed by atoms with Gasteiger partial charge < -0.3 is 10.1 Å². The van der Waals surface area contributed by atoms with E-state index in [0.29, 0.717) is 5.69 Å². The molecular formula is C18H21FN2O4S. The second-order valence-corrected chi connectivity index (χ2v) is 7.92. The van der Waals surface area contributed by atoms with E-state index in [2.05, 4.69) is 5.32 Å². The number of nitrogens with one attached hydrogen (secondary N) is 1. The van der Waals surface area contributed by atoms with Gasteiger partial charge in [0.2, 0.25) is 15.9 Å². The first-order chi connectivity index (χ1) is 12.1. The summed E-state index contributed by atoms with van der Waals surface area (Å²) >= 11 is 0. The lowest BCUT2D eigenvalue weighted by atomic mass is 10.1. The van der Waals surface area contributed by atoms with E-state index in [-0.39, 0.29) is 10.6 Å². The van der Waals surface area contributed by atoms with Crippen molar-refractivity contribution in [3.05, 3.63) is 53.3 Å². The van der Waals surface area contributed by atoms with E-state index < -0.39 is 28.3 Å². The first kappa shape index (κ1) is 19.9. The highest BCUT2D eigenvalue weighted by atomic mass is 32.2. The summed E-state index contributed by atoms with van der Waals surface area (Å²) in [5, 5.41) is 2.65. The van der Waals surface area contributed by atoms with E-state index in [1.807, 2.05) is 19.9 Å². The number of anilines is 1. The molecule has 1 N–H and O–H groups in total. The first-order valence-electron chi connectivity index (χ1n) is 7.82. The standard InChI is InChI=1S/C18H21FN2O4S/c1-12-5-7-15(9-13(12)2)20-18(22)11-21(3)26(23,24)17-10-14(19)6-8-16(17)25-4/h5-10H,11H2,1-4H3,(H,20,22). The van der Waals surface area contributed by atoms with Crippen molar-refractivity contribution in [1.29, 1.82) is 0 Å². The molecule has 0 fully saturated rings. The molecule has 0 heterocycles. The summed E-state index contributed by atoms with van der Waals surface area (Å²) in [6, 6.07) is 8.60. The van der Waals surface area contributed by atoms with Crippen LogP contribution in [0.4, 0.5) is 10.1 Å². The molecule has 0 unspecified atom stereocenters. The molecule has 0 atom stereocenters. The number of halogens is 1. The van der Waals surface area contributed by atoms with Gasteiger partial charge in [0.05, 0.1) is 13.7 Å². The Morgan fingerprint density at radius 3 is 2.46 bits per heavy atom. The van der Waals surface area contributed by atoms with Gasteiger partial charge in [0.25, 0.3) is 0 Å². The number of likely N-dealkylation sites (N-methyl/N-ethyl adjacent to an activating group) is 1. The largest absolute Gasteiger partial charge is 0.495 e. The maximum atomic E-state index is 13.5. The fourth-order valence-electron chi connectivity index (χ4n) is 2.33. The number of carbonyl (C=O) groups is 1. The molecular weight excluding hydrogens is 359 g/mol. The smallest absolute Gasteiger partial charge is 0.247 e. The molecule has 8 heteroatoms. The van der Waals surface area contributed by atoms with Crippen LogP contribution in [0.3, 0.4) is 0 Å². The van der Waals surface area contributed by atoms with Crippen molar-refractivity contribution in [1.82, 2.24) is 4.31 Å². The van der Waals surface area contributed by atoms with Gasteiger partial charge in [0, 0.05) is 12.7 Å². The van der Waals surface area contributed by atoms with Crippen LogP contribution in [0.15, 0.2) is 41.3 Å². The fraction of sp³-hybridized carbons (Fsp3) is 0.278. The summed E-state index contributed by atoms with van der Waals surface area (Å²) in [5.74, 6) is -1.21. The topological polar surface area (TPSA) is 75.7 Å². The van der Waals surface area contributed by atoms with Crippen molar-refractivity contribution < 1.29 is 22.3 Å². The Bertz CT molecular complexity index is 929. The Hall–Kier alpha value is -2.45. The molecule has 2 aromatic carbocycles. The molecule has 0 aliphatic heterocycles. The molecule has 6 nitrogen and oxygen atoms in total. The third kappa shape index (κ3) is 4.39. The van der Waals surface area contributed by atoms with Crippen molar-refractivity contribution >= 4 is 21.6 Å². The minimum absolute atomic E-state index is 0.00724. The lowest BCUT2D eigenvalue weighted by molar-refractivity contribution is -0.116. The number of rotatable bonds is 6. The van der Waals surface area contributed by atoms with Crippen molar-refractivity contribution in [2.75, 3.05) is 26.0 Å². The number of amides is 1. The van der Waals surface area contributed by atoms with E-state index in [1.165, 1.54) is 20.2 Å². The van der Waals surface area contributed by atoms with Gasteiger partial charge in [-0.25, -0.2) is 12.8 Å². The van der Waals surface area contributed by atoms with Crippen LogP contribution < -0.4 is 10.1 Å². The van der Waals surface area contributed by atoms with Crippen LogP contribution >= 0.6 is 0 Å². The molecule has 2 rings (SSSR count). The van der Waals surface area contributed by atoms with Crippen LogP contribution in [-0.2, 0) is 14.8 Å². The lowest BCUT2D eigenvalue weighted by Gasteiger charge is -2.18. The number of methoxy groups -OCH3 is 1. The number of aryl methyl sites for hydroxylation is 2. The van der Waals surface area contributed by atoms with E-state index >= 15 is 0 Å². The predicted octanol–water partition coefficient (Wildman–Crippen LogP) is 2.71. The second-order valence-electron chi connectivity index (χ2n) is 5.90. The lowest BCUT2D eigenvalue weighted by Crippen LogP contribution is -2.35. The van der Waals surface area contributed by atoms with Crippen molar-refractivity contribution in [2.24, 2.45) is 0 Å². The molecule has 2 aromatic rings. The Balaban J connectivity index is 2.17. The number of hydrogen-bond donors (Lipinski definition) is 1. The monoisotopic (exact) mass is 380 g/mol. The maximum absolute atomic E-state index is 13.5. The van der Waals surface area contributed by atoms with E-state index in [1.54, 1.807) is 12.1 Å². The quantitative estimate of drug-likeness (QED) is 0.836. The molecule has 0 bridgehead atoms. The van der Waals surface area contributed by atoms with Gasteiger partial charge in [-0.1, -0.05) is 6.07 Å². The van der Waals surface area contributed by atoms with Crippen molar-refractivity contribution in [2.45, 2.75) is 18.7 Å². The van der Waals surface area contributed by atoms with Crippen molar-refractivity contribution in [3.8, 4) is 5.75 Å². The third-order valence-electron chi connectivity index (χ3n) is 3.97. The highest BCUT2D eigenvalue weighted by Gasteiger charge is 2.27. The molecule has 0 saturated heterocycles. The maximum Gasteiger partial charge on any atom is 0.247 e. The average Bonchev–Trinajstić information content (AvgIpc) is 2.58. The third-order valence-corrected chi connectivity index (χ3v) is 5.80. The Labute approximate surface area is 152 Å². The van der Waals surface area contributed by atoms with Gasteiger partial charge in [0.1, 0.15) is 16.5 Å². The number of hydrogen-bond acceptors (Lipinski definition) is 4. The minimum Gasteiger partial charge on any atom is -0.495 e. The van der Waals surface area contributed by atoms with Crippen LogP contribution in [0.1, 0.15) is 11.1 Å². The molecule has 0 spiro atoms. The number of nitrogens with zero attached hydrogens (tertiary/aromatic N) is 1. The molecule has 0 radical (unpaired) electrons. The Morgan fingerprint density at radius 1 is 1.15 bits per heavy atom. The Morgan fingerprint density at radius 2 is 1.85 bits per heavy atom. The zero-order valence-electron chi connectivity index (χ0n) is 15.0. The van der Waals surface area contributed by atoms with Crippen LogP contribution in [-0.4, -0.2) is 39.3 Å². The molecule has 0 aliphatic carbocycles. The van der Waals surface area contributed by atoms with E-state index in [4.69, 9.17) is 4.74 Å². The van der Waals surface area contributed by atoms with Crippen LogP contribution in [0.2, 0.25) is 0 Å². The summed E-state index contributed by atoms with van der Waals surface area (Å²) in [4.78, 5) is 11.9. The number of benzene rings is 2. The molecule has 0 aromatic heterocycles. The molecule has 140 valence electrons. The van der Waals surface area contributed by atoms with Gasteiger partial charge in [-0.05, 0) is 55.3 Å². The van der Waals surface area contributed by atoms with Gasteiger partial charge in [-0.15, -0.1) is 0 Å². The van der Waals surface area contributed by atoms with E-state index in [9.17, 15) is 17.6 Å². The first-order valence-corrected chi connectivity index (χ1v) is 9.26. The van der Waals surface area contributed by atoms with E-state index in [0.717, 1.165) is 27.6 Å². The zero-order valence-corrected chi connectivity index (χ0v) is 15.9. The minimum atomic E-state index is -4.10. The van der Waals surface area contributed by atoms with Gasteiger partial charge >= 0.3 is 0 Å². The fourth-order valence-corrected chi connectivity index (χ4v) is 3.62. The summed E-state index contributed by atoms with van der Waals surface area (Å²) in [7, 11) is -1.56. The molecule has 1 amide bonds. The van der Waals surface area contributed by atoms with Crippen LogP contribution in [0.25, 0.3) is 0 Å².